The van der Waals surface area contributed by atoms with E-state index >= 15 is 0 Å². The van der Waals surface area contributed by atoms with Crippen LogP contribution < -0.4 is 5.32 Å². The molecule has 0 radical (unpaired) electrons. The zero-order valence-electron chi connectivity index (χ0n) is 10.1. The fourth-order valence-electron chi connectivity index (χ4n) is 2.41. The lowest BCUT2D eigenvalue weighted by atomic mass is 9.94. The molecule has 0 bridgehead atoms. The molecule has 2 N–H and O–H groups in total. The molecular weight excluding hydrogens is 202 g/mol. The van der Waals surface area contributed by atoms with Crippen molar-refractivity contribution >= 4 is 0 Å². The summed E-state index contributed by atoms with van der Waals surface area (Å²) < 4.78 is 2.16. The smallest absolute Gasteiger partial charge is 0.108 e. The molecule has 1 aliphatic rings. The fraction of sp³-hybridized carbons (Fsp3) is 0.750. The minimum absolute atomic E-state index is 0.162. The summed E-state index contributed by atoms with van der Waals surface area (Å²) in [5.41, 5.74) is -0.162. The van der Waals surface area contributed by atoms with Gasteiger partial charge >= 0.3 is 0 Å². The molecule has 0 saturated heterocycles. The Labute approximate surface area is 96.7 Å². The van der Waals surface area contributed by atoms with Crippen LogP contribution in [0.1, 0.15) is 25.6 Å². The van der Waals surface area contributed by atoms with E-state index in [9.17, 15) is 5.11 Å². The second kappa shape index (κ2) is 4.55. The summed E-state index contributed by atoms with van der Waals surface area (Å²) in [5, 5.41) is 13.0. The number of likely N-dealkylation sites (N-methyl/N-ethyl adjacent to an activating group) is 1. The van der Waals surface area contributed by atoms with E-state index in [1.807, 2.05) is 19.4 Å². The van der Waals surface area contributed by atoms with Gasteiger partial charge in [-0.3, -0.25) is 0 Å². The maximum absolute atomic E-state index is 9.65. The molecule has 1 fully saturated rings. The number of nitrogens with zero attached hydrogens (tertiary/aromatic N) is 2. The molecule has 2 rings (SSSR count). The van der Waals surface area contributed by atoms with Crippen LogP contribution in [-0.2, 0) is 13.0 Å². The van der Waals surface area contributed by atoms with Crippen molar-refractivity contribution < 1.29 is 5.11 Å². The lowest BCUT2D eigenvalue weighted by Crippen LogP contribution is -2.52. The molecule has 4 nitrogen and oxygen atoms in total. The van der Waals surface area contributed by atoms with Crippen LogP contribution in [0, 0.1) is 5.92 Å². The summed E-state index contributed by atoms with van der Waals surface area (Å²) in [7, 11) is 1.94. The van der Waals surface area contributed by atoms with Gasteiger partial charge in [-0.1, -0.05) is 6.92 Å². The van der Waals surface area contributed by atoms with Crippen molar-refractivity contribution in [2.45, 2.75) is 38.3 Å². The standard InChI is InChI=1S/C12H21N3O/c1-3-11-14-6-7-15(11)8-12(9-16,13-2)10-4-5-10/h6-7,10,13,16H,3-5,8-9H2,1-2H3. The Balaban J connectivity index is 2.16. The van der Waals surface area contributed by atoms with Gasteiger partial charge in [-0.2, -0.15) is 0 Å². The maximum atomic E-state index is 9.65. The van der Waals surface area contributed by atoms with Crippen molar-refractivity contribution in [3.8, 4) is 0 Å². The first-order valence-electron chi connectivity index (χ1n) is 6.05. The highest BCUT2D eigenvalue weighted by molar-refractivity contribution is 5.03. The van der Waals surface area contributed by atoms with Gasteiger partial charge in [-0.05, 0) is 25.8 Å². The van der Waals surface area contributed by atoms with E-state index in [0.29, 0.717) is 5.92 Å². The molecule has 1 saturated carbocycles. The Morgan fingerprint density at radius 1 is 1.62 bits per heavy atom. The first-order valence-corrected chi connectivity index (χ1v) is 6.05. The quantitative estimate of drug-likeness (QED) is 0.750. The lowest BCUT2D eigenvalue weighted by molar-refractivity contribution is 0.129. The molecule has 0 aliphatic heterocycles. The van der Waals surface area contributed by atoms with E-state index in [4.69, 9.17) is 0 Å². The average Bonchev–Trinajstić information content (AvgIpc) is 3.07. The highest BCUT2D eigenvalue weighted by atomic mass is 16.3. The van der Waals surface area contributed by atoms with Gasteiger partial charge in [-0.25, -0.2) is 4.98 Å². The van der Waals surface area contributed by atoms with E-state index < -0.39 is 0 Å². The Bertz CT molecular complexity index is 340. The van der Waals surface area contributed by atoms with Crippen molar-refractivity contribution in [1.82, 2.24) is 14.9 Å². The minimum Gasteiger partial charge on any atom is -0.394 e. The number of rotatable bonds is 6. The van der Waals surface area contributed by atoms with Crippen molar-refractivity contribution in [3.05, 3.63) is 18.2 Å². The number of hydrogen-bond donors (Lipinski definition) is 2. The molecule has 1 aliphatic carbocycles. The number of imidazole rings is 1. The third kappa shape index (κ3) is 1.99. The summed E-state index contributed by atoms with van der Waals surface area (Å²) in [6.07, 6.45) is 7.21. The molecule has 1 aromatic heterocycles. The molecule has 1 atom stereocenters. The third-order valence-corrected chi connectivity index (χ3v) is 3.71. The van der Waals surface area contributed by atoms with Crippen LogP contribution in [0.2, 0.25) is 0 Å². The maximum Gasteiger partial charge on any atom is 0.108 e. The predicted octanol–water partition coefficient (Wildman–Crippen LogP) is 0.806. The van der Waals surface area contributed by atoms with E-state index in [2.05, 4.69) is 21.8 Å². The van der Waals surface area contributed by atoms with E-state index in [0.717, 1.165) is 18.8 Å². The van der Waals surface area contributed by atoms with Crippen molar-refractivity contribution in [2.24, 2.45) is 5.92 Å². The fourth-order valence-corrected chi connectivity index (χ4v) is 2.41. The summed E-state index contributed by atoms with van der Waals surface area (Å²) >= 11 is 0. The molecule has 1 unspecified atom stereocenters. The monoisotopic (exact) mass is 223 g/mol. The Kier molecular flexibility index (Phi) is 3.30. The highest BCUT2D eigenvalue weighted by Gasteiger charge is 2.44. The lowest BCUT2D eigenvalue weighted by Gasteiger charge is -2.32. The minimum atomic E-state index is -0.162. The van der Waals surface area contributed by atoms with Gasteiger partial charge in [0.05, 0.1) is 12.1 Å². The molecule has 90 valence electrons. The Morgan fingerprint density at radius 3 is 2.88 bits per heavy atom. The number of aryl methyl sites for hydroxylation is 1. The topological polar surface area (TPSA) is 50.1 Å². The second-order valence-electron chi connectivity index (χ2n) is 4.66. The zero-order chi connectivity index (χ0) is 11.6. The zero-order valence-corrected chi connectivity index (χ0v) is 10.1. The molecule has 1 heterocycles. The summed E-state index contributed by atoms with van der Waals surface area (Å²) in [4.78, 5) is 4.32. The molecule has 4 heteroatoms. The summed E-state index contributed by atoms with van der Waals surface area (Å²) in [6, 6.07) is 0. The van der Waals surface area contributed by atoms with Gasteiger partial charge < -0.3 is 15.0 Å². The van der Waals surface area contributed by atoms with E-state index in [1.165, 1.54) is 12.8 Å². The normalized spacial score (nSPS) is 19.7. The van der Waals surface area contributed by atoms with Crippen molar-refractivity contribution in [3.63, 3.8) is 0 Å². The van der Waals surface area contributed by atoms with Gasteiger partial charge in [0.25, 0.3) is 0 Å². The molecule has 16 heavy (non-hydrogen) atoms. The van der Waals surface area contributed by atoms with Gasteiger partial charge in [0.2, 0.25) is 0 Å². The van der Waals surface area contributed by atoms with Crippen LogP contribution in [0.25, 0.3) is 0 Å². The summed E-state index contributed by atoms with van der Waals surface area (Å²) in [6.45, 7) is 3.11. The summed E-state index contributed by atoms with van der Waals surface area (Å²) in [5.74, 6) is 1.70. The van der Waals surface area contributed by atoms with Crippen molar-refractivity contribution in [1.29, 1.82) is 0 Å². The molecule has 0 spiro atoms. The number of aromatic nitrogens is 2. The van der Waals surface area contributed by atoms with Gasteiger partial charge in [0.15, 0.2) is 0 Å². The van der Waals surface area contributed by atoms with Gasteiger partial charge in [0.1, 0.15) is 5.82 Å². The van der Waals surface area contributed by atoms with Gasteiger partial charge in [0, 0.05) is 25.4 Å². The highest BCUT2D eigenvalue weighted by Crippen LogP contribution is 2.40. The molecule has 0 aromatic carbocycles. The van der Waals surface area contributed by atoms with Crippen LogP contribution >= 0.6 is 0 Å². The first kappa shape index (κ1) is 11.6. The second-order valence-corrected chi connectivity index (χ2v) is 4.66. The average molecular weight is 223 g/mol. The Hall–Kier alpha value is -0.870. The van der Waals surface area contributed by atoms with Crippen LogP contribution in [-0.4, -0.2) is 33.9 Å². The largest absolute Gasteiger partial charge is 0.394 e. The van der Waals surface area contributed by atoms with Crippen LogP contribution in [0.3, 0.4) is 0 Å². The number of nitrogens with one attached hydrogen (secondary N) is 1. The van der Waals surface area contributed by atoms with Gasteiger partial charge in [-0.15, -0.1) is 0 Å². The van der Waals surface area contributed by atoms with Crippen LogP contribution in [0.5, 0.6) is 0 Å². The SMILES string of the molecule is CCc1nccn1CC(CO)(NC)C1CC1. The molecule has 1 aromatic rings. The molecule has 0 amide bonds. The number of hydrogen-bond acceptors (Lipinski definition) is 3. The van der Waals surface area contributed by atoms with Crippen LogP contribution in [0.15, 0.2) is 12.4 Å². The van der Waals surface area contributed by atoms with E-state index in [1.54, 1.807) is 0 Å². The predicted molar refractivity (Wildman–Crippen MR) is 63.2 cm³/mol. The third-order valence-electron chi connectivity index (χ3n) is 3.71. The first-order chi connectivity index (χ1) is 7.75. The number of aliphatic hydroxyl groups is 1. The van der Waals surface area contributed by atoms with Crippen LogP contribution in [0.4, 0.5) is 0 Å². The number of aliphatic hydroxyl groups excluding tert-OH is 1. The van der Waals surface area contributed by atoms with Crippen molar-refractivity contribution in [2.75, 3.05) is 13.7 Å². The Morgan fingerprint density at radius 2 is 2.38 bits per heavy atom. The molecular formula is C12H21N3O. The van der Waals surface area contributed by atoms with E-state index in [-0.39, 0.29) is 12.1 Å².